The van der Waals surface area contributed by atoms with Crippen LogP contribution in [-0.2, 0) is 15.8 Å². The van der Waals surface area contributed by atoms with E-state index in [0.717, 1.165) is 29.0 Å². The van der Waals surface area contributed by atoms with Crippen molar-refractivity contribution in [3.63, 3.8) is 0 Å². The molecule has 186 valence electrons. The number of anilines is 1. The van der Waals surface area contributed by atoms with Gasteiger partial charge in [0.2, 0.25) is 5.91 Å². The fourth-order valence-corrected chi connectivity index (χ4v) is 5.37. The van der Waals surface area contributed by atoms with Crippen molar-refractivity contribution in [2.24, 2.45) is 0 Å². The molecule has 4 rings (SSSR count). The number of Topliss-reactive ketones (excluding diaryl/α,β-unsaturated/α-hetero) is 1. The van der Waals surface area contributed by atoms with E-state index in [1.54, 1.807) is 6.07 Å². The number of amides is 1. The molecule has 0 aromatic heterocycles. The molecule has 0 fully saturated rings. The Labute approximate surface area is 211 Å². The third-order valence-corrected chi connectivity index (χ3v) is 7.40. The number of nitrogens with zero attached hydrogens (tertiary/aromatic N) is 1. The number of halogens is 3. The van der Waals surface area contributed by atoms with Crippen LogP contribution in [0.4, 0.5) is 18.9 Å². The van der Waals surface area contributed by atoms with E-state index in [2.05, 4.69) is 10.6 Å². The first kappa shape index (κ1) is 25.6. The standard InChI is InChI=1S/C27H24F3N3O2S/c1-15-10-11-17(12-16(15)2)32-23(35)14-36-26-19(13-31)24(25-21(33-26)8-5-9-22(25)34)18-6-3-4-7-20(18)27(28,29)30/h3-4,6-7,10-12,24,33H,5,8-9,14H2,1-2H3,(H,32,35)/t24-/m1/s1. The number of nitrogens with one attached hydrogen (secondary N) is 2. The van der Waals surface area contributed by atoms with Crippen molar-refractivity contribution in [1.82, 2.24) is 5.32 Å². The second kappa shape index (κ2) is 10.2. The van der Waals surface area contributed by atoms with Crippen LogP contribution in [0.2, 0.25) is 0 Å². The van der Waals surface area contributed by atoms with Crippen molar-refractivity contribution in [3.05, 3.63) is 86.6 Å². The Balaban J connectivity index is 1.68. The number of thioether (sulfide) groups is 1. The number of benzene rings is 2. The van der Waals surface area contributed by atoms with E-state index in [0.29, 0.717) is 29.3 Å². The maximum atomic E-state index is 13.9. The molecule has 0 spiro atoms. The molecule has 0 saturated carbocycles. The second-order valence-corrected chi connectivity index (χ2v) is 9.79. The Morgan fingerprint density at radius 3 is 2.61 bits per heavy atom. The number of carbonyl (C=O) groups is 2. The SMILES string of the molecule is Cc1ccc(NC(=O)CSC2=C(C#N)[C@@H](c3ccccc3C(F)(F)F)C3=C(CCCC3=O)N2)cc1C. The van der Waals surface area contributed by atoms with Crippen LogP contribution in [0.15, 0.2) is 64.3 Å². The first-order valence-corrected chi connectivity index (χ1v) is 12.4. The summed E-state index contributed by atoms with van der Waals surface area (Å²) in [4.78, 5) is 25.5. The molecule has 1 aliphatic carbocycles. The average Bonchev–Trinajstić information content (AvgIpc) is 2.83. The molecule has 1 atom stereocenters. The minimum atomic E-state index is -4.65. The zero-order valence-electron chi connectivity index (χ0n) is 19.8. The third-order valence-electron chi connectivity index (χ3n) is 6.38. The largest absolute Gasteiger partial charge is 0.416 e. The van der Waals surface area contributed by atoms with Crippen molar-refractivity contribution < 1.29 is 22.8 Å². The van der Waals surface area contributed by atoms with E-state index in [1.165, 1.54) is 18.2 Å². The number of dihydropyridines is 1. The first-order chi connectivity index (χ1) is 17.1. The summed E-state index contributed by atoms with van der Waals surface area (Å²) in [5, 5.41) is 16.2. The lowest BCUT2D eigenvalue weighted by Gasteiger charge is -2.34. The number of nitriles is 1. The van der Waals surface area contributed by atoms with E-state index >= 15 is 0 Å². The maximum absolute atomic E-state index is 13.9. The zero-order valence-corrected chi connectivity index (χ0v) is 20.6. The summed E-state index contributed by atoms with van der Waals surface area (Å²) in [6.45, 7) is 3.90. The number of ketones is 1. The van der Waals surface area contributed by atoms with Gasteiger partial charge in [0.25, 0.3) is 0 Å². The van der Waals surface area contributed by atoms with Crippen molar-refractivity contribution in [2.75, 3.05) is 11.1 Å². The summed E-state index contributed by atoms with van der Waals surface area (Å²) in [6, 6.07) is 12.6. The Morgan fingerprint density at radius 2 is 1.92 bits per heavy atom. The molecule has 2 aromatic carbocycles. The molecule has 9 heteroatoms. The number of hydrogen-bond acceptors (Lipinski definition) is 5. The lowest BCUT2D eigenvalue weighted by molar-refractivity contribution is -0.138. The number of hydrogen-bond donors (Lipinski definition) is 2. The summed E-state index contributed by atoms with van der Waals surface area (Å²) in [7, 11) is 0. The molecule has 2 aromatic rings. The number of alkyl halides is 3. The van der Waals surface area contributed by atoms with Crippen LogP contribution in [0.1, 0.15) is 47.4 Å². The van der Waals surface area contributed by atoms with E-state index < -0.39 is 17.7 Å². The Kier molecular flexibility index (Phi) is 7.27. The van der Waals surface area contributed by atoms with Gasteiger partial charge in [-0.2, -0.15) is 18.4 Å². The van der Waals surface area contributed by atoms with E-state index in [-0.39, 0.29) is 40.6 Å². The average molecular weight is 512 g/mol. The maximum Gasteiger partial charge on any atom is 0.416 e. The molecule has 2 N–H and O–H groups in total. The highest BCUT2D eigenvalue weighted by atomic mass is 32.2. The summed E-state index contributed by atoms with van der Waals surface area (Å²) in [5.74, 6) is -1.80. The lowest BCUT2D eigenvalue weighted by Crippen LogP contribution is -2.32. The molecular weight excluding hydrogens is 487 g/mol. The predicted molar refractivity (Wildman–Crippen MR) is 133 cm³/mol. The number of aryl methyl sites for hydroxylation is 2. The van der Waals surface area contributed by atoms with Gasteiger partial charge in [0, 0.05) is 23.4 Å². The van der Waals surface area contributed by atoms with Crippen molar-refractivity contribution >= 4 is 29.1 Å². The molecule has 0 unspecified atom stereocenters. The monoisotopic (exact) mass is 511 g/mol. The highest BCUT2D eigenvalue weighted by Gasteiger charge is 2.42. The van der Waals surface area contributed by atoms with Gasteiger partial charge in [0.05, 0.1) is 33.9 Å². The van der Waals surface area contributed by atoms with Crippen LogP contribution in [0.5, 0.6) is 0 Å². The van der Waals surface area contributed by atoms with E-state index in [9.17, 15) is 28.0 Å². The van der Waals surface area contributed by atoms with Crippen molar-refractivity contribution in [2.45, 2.75) is 45.2 Å². The minimum Gasteiger partial charge on any atom is -0.352 e. The van der Waals surface area contributed by atoms with Gasteiger partial charge in [-0.05, 0) is 61.6 Å². The van der Waals surface area contributed by atoms with Crippen LogP contribution in [-0.4, -0.2) is 17.4 Å². The van der Waals surface area contributed by atoms with Gasteiger partial charge in [-0.15, -0.1) is 0 Å². The summed E-state index contributed by atoms with van der Waals surface area (Å²) < 4.78 is 41.7. The Hall–Kier alpha value is -3.51. The van der Waals surface area contributed by atoms with Crippen LogP contribution < -0.4 is 10.6 Å². The van der Waals surface area contributed by atoms with Crippen LogP contribution in [0.25, 0.3) is 0 Å². The molecule has 0 saturated heterocycles. The second-order valence-electron chi connectivity index (χ2n) is 8.80. The van der Waals surface area contributed by atoms with Crippen LogP contribution in [0.3, 0.4) is 0 Å². The van der Waals surface area contributed by atoms with Crippen LogP contribution >= 0.6 is 11.8 Å². The van der Waals surface area contributed by atoms with Gasteiger partial charge in [0.15, 0.2) is 5.78 Å². The van der Waals surface area contributed by atoms with Gasteiger partial charge in [0.1, 0.15) is 0 Å². The lowest BCUT2D eigenvalue weighted by atomic mass is 9.75. The molecule has 1 aliphatic heterocycles. The highest BCUT2D eigenvalue weighted by molar-refractivity contribution is 8.03. The fourth-order valence-electron chi connectivity index (χ4n) is 4.51. The Morgan fingerprint density at radius 1 is 1.17 bits per heavy atom. The van der Waals surface area contributed by atoms with Crippen molar-refractivity contribution in [1.29, 1.82) is 5.26 Å². The van der Waals surface area contributed by atoms with Gasteiger partial charge in [-0.25, -0.2) is 0 Å². The number of allylic oxidation sites excluding steroid dienone is 3. The molecule has 1 amide bonds. The van der Waals surface area contributed by atoms with E-state index in [1.807, 2.05) is 32.0 Å². The molecule has 1 heterocycles. The molecule has 2 aliphatic rings. The molecule has 5 nitrogen and oxygen atoms in total. The zero-order chi connectivity index (χ0) is 26.0. The van der Waals surface area contributed by atoms with Crippen LogP contribution in [0, 0.1) is 25.2 Å². The van der Waals surface area contributed by atoms with Gasteiger partial charge in [-0.1, -0.05) is 36.0 Å². The quantitative estimate of drug-likeness (QED) is 0.505. The molecular formula is C27H24F3N3O2S. The number of carbonyl (C=O) groups excluding carboxylic acids is 2. The minimum absolute atomic E-state index is 0.00433. The van der Waals surface area contributed by atoms with Gasteiger partial charge in [-0.3, -0.25) is 9.59 Å². The smallest absolute Gasteiger partial charge is 0.352 e. The summed E-state index contributed by atoms with van der Waals surface area (Å²) in [5.41, 5.74) is 2.46. The molecule has 0 radical (unpaired) electrons. The van der Waals surface area contributed by atoms with Gasteiger partial charge >= 0.3 is 6.18 Å². The predicted octanol–water partition coefficient (Wildman–Crippen LogP) is 6.12. The topological polar surface area (TPSA) is 82.0 Å². The van der Waals surface area contributed by atoms with E-state index in [4.69, 9.17) is 0 Å². The van der Waals surface area contributed by atoms with Crippen molar-refractivity contribution in [3.8, 4) is 6.07 Å². The summed E-state index contributed by atoms with van der Waals surface area (Å²) in [6.07, 6.45) is -3.40. The van der Waals surface area contributed by atoms with Gasteiger partial charge < -0.3 is 10.6 Å². The first-order valence-electron chi connectivity index (χ1n) is 11.4. The highest BCUT2D eigenvalue weighted by Crippen LogP contribution is 2.47. The fraction of sp³-hybridized carbons (Fsp3) is 0.296. The number of rotatable bonds is 5. The Bertz CT molecular complexity index is 1340. The molecule has 36 heavy (non-hydrogen) atoms. The summed E-state index contributed by atoms with van der Waals surface area (Å²) >= 11 is 1.04. The molecule has 0 bridgehead atoms. The normalized spacial score (nSPS) is 17.9. The third kappa shape index (κ3) is 5.19.